The highest BCUT2D eigenvalue weighted by atomic mass is 16.5. The van der Waals surface area contributed by atoms with Crippen molar-refractivity contribution in [3.8, 4) is 0 Å². The van der Waals surface area contributed by atoms with Crippen molar-refractivity contribution in [2.24, 2.45) is 0 Å². The SMILES string of the molecule is CO[C@H]1CN(c2cc(C)ncn2)CC[C@H]1NC(=O)O. The lowest BCUT2D eigenvalue weighted by atomic mass is 10.0. The second kappa shape index (κ2) is 5.83. The Bertz CT molecular complexity index is 454. The lowest BCUT2D eigenvalue weighted by molar-refractivity contribution is 0.0594. The van der Waals surface area contributed by atoms with E-state index in [0.29, 0.717) is 13.0 Å². The number of nitrogens with one attached hydrogen (secondary N) is 1. The van der Waals surface area contributed by atoms with E-state index in [2.05, 4.69) is 20.2 Å². The summed E-state index contributed by atoms with van der Waals surface area (Å²) >= 11 is 0. The smallest absolute Gasteiger partial charge is 0.404 e. The average molecular weight is 266 g/mol. The van der Waals surface area contributed by atoms with Crippen molar-refractivity contribution in [2.75, 3.05) is 25.1 Å². The Morgan fingerprint density at radius 1 is 1.58 bits per heavy atom. The summed E-state index contributed by atoms with van der Waals surface area (Å²) in [5, 5.41) is 11.3. The molecule has 0 bridgehead atoms. The van der Waals surface area contributed by atoms with Crippen LogP contribution in [0.25, 0.3) is 0 Å². The van der Waals surface area contributed by atoms with E-state index in [9.17, 15) is 4.79 Å². The van der Waals surface area contributed by atoms with Gasteiger partial charge in [-0.2, -0.15) is 0 Å². The highest BCUT2D eigenvalue weighted by Gasteiger charge is 2.31. The molecule has 2 atom stereocenters. The second-order valence-corrected chi connectivity index (χ2v) is 4.58. The molecule has 0 spiro atoms. The van der Waals surface area contributed by atoms with Gasteiger partial charge >= 0.3 is 6.09 Å². The molecule has 0 aliphatic carbocycles. The molecule has 7 heteroatoms. The molecular formula is C12H18N4O3. The van der Waals surface area contributed by atoms with Gasteiger partial charge in [-0.3, -0.25) is 0 Å². The van der Waals surface area contributed by atoms with Gasteiger partial charge in [-0.05, 0) is 13.3 Å². The number of rotatable bonds is 3. The molecule has 1 saturated heterocycles. The zero-order valence-electron chi connectivity index (χ0n) is 11.0. The average Bonchev–Trinajstić information content (AvgIpc) is 2.38. The lowest BCUT2D eigenvalue weighted by Crippen LogP contribution is -2.54. The fraction of sp³-hybridized carbons (Fsp3) is 0.583. The Hall–Kier alpha value is -1.89. The maximum absolute atomic E-state index is 10.7. The molecule has 1 aromatic rings. The fourth-order valence-electron chi connectivity index (χ4n) is 2.30. The van der Waals surface area contributed by atoms with Crippen molar-refractivity contribution in [1.29, 1.82) is 0 Å². The molecular weight excluding hydrogens is 248 g/mol. The fourth-order valence-corrected chi connectivity index (χ4v) is 2.30. The zero-order chi connectivity index (χ0) is 13.8. The molecule has 7 nitrogen and oxygen atoms in total. The highest BCUT2D eigenvalue weighted by molar-refractivity contribution is 5.65. The van der Waals surface area contributed by atoms with Crippen molar-refractivity contribution >= 4 is 11.9 Å². The zero-order valence-corrected chi connectivity index (χ0v) is 11.0. The third-order valence-electron chi connectivity index (χ3n) is 3.28. The van der Waals surface area contributed by atoms with E-state index in [1.54, 1.807) is 7.11 Å². The van der Waals surface area contributed by atoms with Gasteiger partial charge in [0.05, 0.1) is 12.1 Å². The molecule has 1 aliphatic rings. The van der Waals surface area contributed by atoms with Crippen LogP contribution in [0.1, 0.15) is 12.1 Å². The van der Waals surface area contributed by atoms with Crippen molar-refractivity contribution < 1.29 is 14.6 Å². The summed E-state index contributed by atoms with van der Waals surface area (Å²) in [7, 11) is 1.59. The molecule has 1 aromatic heterocycles. The summed E-state index contributed by atoms with van der Waals surface area (Å²) < 4.78 is 5.38. The Balaban J connectivity index is 2.06. The molecule has 0 aromatic carbocycles. The number of ether oxygens (including phenoxy) is 1. The van der Waals surface area contributed by atoms with Crippen LogP contribution in [0.2, 0.25) is 0 Å². The molecule has 1 amide bonds. The molecule has 0 radical (unpaired) electrons. The number of carbonyl (C=O) groups is 1. The number of methoxy groups -OCH3 is 1. The number of nitrogens with zero attached hydrogens (tertiary/aromatic N) is 3. The van der Waals surface area contributed by atoms with Gasteiger partial charge < -0.3 is 20.1 Å². The van der Waals surface area contributed by atoms with Crippen LogP contribution in [0.15, 0.2) is 12.4 Å². The first kappa shape index (κ1) is 13.5. The van der Waals surface area contributed by atoms with Crippen LogP contribution < -0.4 is 10.2 Å². The molecule has 2 heterocycles. The maximum Gasteiger partial charge on any atom is 0.404 e. The van der Waals surface area contributed by atoms with Gasteiger partial charge in [0.1, 0.15) is 12.1 Å². The van der Waals surface area contributed by atoms with Crippen LogP contribution in [0.4, 0.5) is 10.6 Å². The standard InChI is InChI=1S/C12H18N4O3/c1-8-5-11(14-7-13-8)16-4-3-9(15-12(17)18)10(6-16)19-2/h5,7,9-10,15H,3-4,6H2,1-2H3,(H,17,18)/t9-,10+/m1/s1. The number of hydrogen-bond donors (Lipinski definition) is 2. The predicted molar refractivity (Wildman–Crippen MR) is 69.3 cm³/mol. The van der Waals surface area contributed by atoms with Gasteiger partial charge in [-0.15, -0.1) is 0 Å². The number of anilines is 1. The van der Waals surface area contributed by atoms with Crippen LogP contribution in [-0.4, -0.2) is 53.5 Å². The summed E-state index contributed by atoms with van der Waals surface area (Å²) in [5.74, 6) is 0.850. The van der Waals surface area contributed by atoms with E-state index in [-0.39, 0.29) is 12.1 Å². The van der Waals surface area contributed by atoms with Gasteiger partial charge in [-0.25, -0.2) is 14.8 Å². The van der Waals surface area contributed by atoms with Crippen molar-refractivity contribution in [2.45, 2.75) is 25.5 Å². The number of piperidine rings is 1. The Morgan fingerprint density at radius 3 is 3.00 bits per heavy atom. The van der Waals surface area contributed by atoms with Crippen LogP contribution in [0.3, 0.4) is 0 Å². The number of hydrogen-bond acceptors (Lipinski definition) is 5. The van der Waals surface area contributed by atoms with E-state index < -0.39 is 6.09 Å². The molecule has 19 heavy (non-hydrogen) atoms. The van der Waals surface area contributed by atoms with Gasteiger partial charge in [0, 0.05) is 32.0 Å². The summed E-state index contributed by atoms with van der Waals surface area (Å²) in [6, 6.07) is 1.74. The molecule has 0 unspecified atom stereocenters. The van der Waals surface area contributed by atoms with Gasteiger partial charge in [0.25, 0.3) is 0 Å². The van der Waals surface area contributed by atoms with Crippen LogP contribution in [0.5, 0.6) is 0 Å². The van der Waals surface area contributed by atoms with Crippen molar-refractivity contribution in [3.63, 3.8) is 0 Å². The van der Waals surface area contributed by atoms with Crippen molar-refractivity contribution in [3.05, 3.63) is 18.1 Å². The maximum atomic E-state index is 10.7. The van der Waals surface area contributed by atoms with E-state index in [4.69, 9.17) is 9.84 Å². The first-order valence-corrected chi connectivity index (χ1v) is 6.16. The third-order valence-corrected chi connectivity index (χ3v) is 3.28. The minimum Gasteiger partial charge on any atom is -0.465 e. The molecule has 104 valence electrons. The van der Waals surface area contributed by atoms with Crippen LogP contribution in [0, 0.1) is 6.92 Å². The monoisotopic (exact) mass is 266 g/mol. The van der Waals surface area contributed by atoms with Crippen molar-refractivity contribution in [1.82, 2.24) is 15.3 Å². The number of aromatic nitrogens is 2. The number of amides is 1. The third kappa shape index (κ3) is 3.31. The second-order valence-electron chi connectivity index (χ2n) is 4.58. The molecule has 1 fully saturated rings. The summed E-state index contributed by atoms with van der Waals surface area (Å²) in [5.41, 5.74) is 0.907. The quantitative estimate of drug-likeness (QED) is 0.835. The Labute approximate surface area is 111 Å². The van der Waals surface area contributed by atoms with E-state index in [1.165, 1.54) is 6.33 Å². The highest BCUT2D eigenvalue weighted by Crippen LogP contribution is 2.19. The topological polar surface area (TPSA) is 87.6 Å². The first-order chi connectivity index (χ1) is 9.10. The Kier molecular flexibility index (Phi) is 4.16. The summed E-state index contributed by atoms with van der Waals surface area (Å²) in [6.45, 7) is 3.26. The molecule has 1 aliphatic heterocycles. The minimum absolute atomic E-state index is 0.179. The normalized spacial score (nSPS) is 23.2. The molecule has 2 N–H and O–H groups in total. The van der Waals surface area contributed by atoms with Gasteiger partial charge in [0.15, 0.2) is 0 Å². The molecule has 0 saturated carbocycles. The number of carboxylic acid groups (broad SMARTS) is 1. The van der Waals surface area contributed by atoms with Crippen LogP contribution in [-0.2, 0) is 4.74 Å². The largest absolute Gasteiger partial charge is 0.465 e. The van der Waals surface area contributed by atoms with E-state index in [0.717, 1.165) is 18.1 Å². The predicted octanol–water partition coefficient (Wildman–Crippen LogP) is 0.646. The van der Waals surface area contributed by atoms with E-state index in [1.807, 2.05) is 13.0 Å². The Morgan fingerprint density at radius 2 is 2.37 bits per heavy atom. The van der Waals surface area contributed by atoms with Gasteiger partial charge in [-0.1, -0.05) is 0 Å². The lowest BCUT2D eigenvalue weighted by Gasteiger charge is -2.38. The molecule has 2 rings (SSSR count). The van der Waals surface area contributed by atoms with Gasteiger partial charge in [0.2, 0.25) is 0 Å². The number of aryl methyl sites for hydroxylation is 1. The van der Waals surface area contributed by atoms with E-state index >= 15 is 0 Å². The first-order valence-electron chi connectivity index (χ1n) is 6.16. The minimum atomic E-state index is -1.02. The van der Waals surface area contributed by atoms with Crippen LogP contribution >= 0.6 is 0 Å². The summed E-state index contributed by atoms with van der Waals surface area (Å²) in [6.07, 6.45) is 1.03. The summed E-state index contributed by atoms with van der Waals surface area (Å²) in [4.78, 5) is 21.1.